The van der Waals surface area contributed by atoms with Crippen molar-refractivity contribution in [2.24, 2.45) is 18.0 Å². The quantitative estimate of drug-likeness (QED) is 0.0293. The molecule has 0 saturated carbocycles. The number of nitriles is 1. The highest BCUT2D eigenvalue weighted by molar-refractivity contribution is 7.16. The van der Waals surface area contributed by atoms with Gasteiger partial charge in [0.1, 0.15) is 35.2 Å². The molecule has 0 radical (unpaired) electrons. The minimum atomic E-state index is -0.704. The topological polar surface area (TPSA) is 225 Å². The Labute approximate surface area is 392 Å². The number of hydrogen-bond acceptors (Lipinski definition) is 14. The van der Waals surface area contributed by atoms with Gasteiger partial charge in [-0.15, -0.1) is 11.3 Å². The first-order chi connectivity index (χ1) is 31.9. The van der Waals surface area contributed by atoms with Crippen molar-refractivity contribution in [2.45, 2.75) is 111 Å². The molecule has 1 saturated heterocycles. The highest BCUT2D eigenvalue weighted by Gasteiger charge is 2.32. The number of anilines is 2. The van der Waals surface area contributed by atoms with Gasteiger partial charge in [-0.1, -0.05) is 34.1 Å². The van der Waals surface area contributed by atoms with Gasteiger partial charge in [0.05, 0.1) is 49.6 Å². The first kappa shape index (κ1) is 51.5. The van der Waals surface area contributed by atoms with Crippen molar-refractivity contribution in [2.75, 3.05) is 70.0 Å². The Balaban J connectivity index is 0.000000248. The van der Waals surface area contributed by atoms with Gasteiger partial charge >= 0.3 is 5.69 Å². The number of hydrogen-bond donors (Lipinski definition) is 3. The van der Waals surface area contributed by atoms with Crippen molar-refractivity contribution in [3.63, 3.8) is 0 Å². The van der Waals surface area contributed by atoms with Crippen molar-refractivity contribution in [3.8, 4) is 11.8 Å². The zero-order valence-electron chi connectivity index (χ0n) is 39.5. The molecule has 0 spiro atoms. The summed E-state index contributed by atoms with van der Waals surface area (Å²) in [7, 11) is 1.65. The number of imide groups is 1. The number of fused-ring (bicyclic) bond motifs is 2. The fraction of sp³-hybridized carbons (Fsp3) is 0.583. The molecule has 17 nitrogen and oxygen atoms in total. The van der Waals surface area contributed by atoms with E-state index in [1.807, 2.05) is 6.92 Å². The number of aryl methyl sites for hydroxylation is 2. The SMILES string of the molecule is CCCN(CCCC(C)CC)c1nccc(C(=N)N=C(C)C2CCCc3sc(N)c(C#N)c32)n1.CCCOCCOCCOCCOc1ccc2c(c1)n(C)c(=O)n2C1CCC(=O)NC1=O. The number of amides is 2. The summed E-state index contributed by atoms with van der Waals surface area (Å²) in [6.45, 7) is 16.1. The van der Waals surface area contributed by atoms with Crippen molar-refractivity contribution in [3.05, 3.63) is 62.6 Å². The van der Waals surface area contributed by atoms with Gasteiger partial charge in [0.25, 0.3) is 0 Å². The second kappa shape index (κ2) is 26.0. The van der Waals surface area contributed by atoms with Gasteiger partial charge < -0.3 is 29.6 Å². The standard InChI is InChI=1S/C26H37N7S.C22H31N3O7/c1-5-14-33(15-8-9-17(3)6-2)26-30-13-12-21(32-26)24(28)31-18(4)19-10-7-11-22-23(19)20(16-27)25(29)34-22;1-3-8-29-9-10-30-11-12-31-13-14-32-16-4-5-17-19(15-16)24(2)22(28)25(17)18-6-7-20(26)23-21(18)27/h12-13,17,19,28H,5-11,14-15,29H2,1-4H3;4-5,15,18H,3,6-14H2,1-2H3,(H,23,26,27). The smallest absolute Gasteiger partial charge is 0.329 e. The highest BCUT2D eigenvalue weighted by Crippen LogP contribution is 2.42. The van der Waals surface area contributed by atoms with Crippen molar-refractivity contribution >= 4 is 56.7 Å². The van der Waals surface area contributed by atoms with Crippen LogP contribution in [0.5, 0.6) is 5.75 Å². The van der Waals surface area contributed by atoms with Crippen LogP contribution in [0.15, 0.2) is 40.2 Å². The number of rotatable bonds is 23. The number of benzene rings is 1. The molecule has 6 rings (SSSR count). The molecule has 358 valence electrons. The lowest BCUT2D eigenvalue weighted by atomic mass is 9.82. The van der Waals surface area contributed by atoms with Gasteiger partial charge in [-0.2, -0.15) is 5.26 Å². The summed E-state index contributed by atoms with van der Waals surface area (Å²) in [4.78, 5) is 53.7. The molecule has 4 N–H and O–H groups in total. The average molecular weight is 929 g/mol. The average Bonchev–Trinajstić information content (AvgIpc) is 3.78. The molecule has 3 aromatic heterocycles. The molecule has 1 aromatic carbocycles. The zero-order valence-corrected chi connectivity index (χ0v) is 40.3. The van der Waals surface area contributed by atoms with Gasteiger partial charge in [0, 0.05) is 61.9 Å². The summed E-state index contributed by atoms with van der Waals surface area (Å²) in [5.41, 5.74) is 10.0. The lowest BCUT2D eigenvalue weighted by Gasteiger charge is -2.23. The van der Waals surface area contributed by atoms with Gasteiger partial charge in [-0.3, -0.25) is 29.4 Å². The van der Waals surface area contributed by atoms with E-state index < -0.39 is 11.9 Å². The Morgan fingerprint density at radius 1 is 1.02 bits per heavy atom. The van der Waals surface area contributed by atoms with Crippen molar-refractivity contribution in [1.29, 1.82) is 10.7 Å². The van der Waals surface area contributed by atoms with E-state index in [-0.39, 0.29) is 29.8 Å². The van der Waals surface area contributed by atoms with E-state index in [1.54, 1.807) is 37.5 Å². The maximum Gasteiger partial charge on any atom is 0.329 e. The monoisotopic (exact) mass is 928 g/mol. The first-order valence-corrected chi connectivity index (χ1v) is 24.2. The van der Waals surface area contributed by atoms with Gasteiger partial charge in [-0.05, 0) is 88.0 Å². The molecular formula is C48H68N10O7S. The fourth-order valence-corrected chi connectivity index (χ4v) is 9.26. The molecule has 1 aliphatic carbocycles. The second-order valence-corrected chi connectivity index (χ2v) is 17.9. The number of nitrogens with zero attached hydrogens (tertiary/aromatic N) is 7. The predicted octanol–water partition coefficient (Wildman–Crippen LogP) is 7.10. The van der Waals surface area contributed by atoms with Crippen molar-refractivity contribution in [1.82, 2.24) is 24.4 Å². The van der Waals surface area contributed by atoms with Gasteiger partial charge in [-0.25, -0.2) is 19.8 Å². The minimum absolute atomic E-state index is 0.0192. The number of nitrogen functional groups attached to an aromatic ring is 1. The second-order valence-electron chi connectivity index (χ2n) is 16.7. The van der Waals surface area contributed by atoms with E-state index in [4.69, 9.17) is 35.1 Å². The fourth-order valence-electron chi connectivity index (χ4n) is 8.14. The van der Waals surface area contributed by atoms with Crippen LogP contribution < -0.4 is 26.4 Å². The molecule has 2 aliphatic rings. The summed E-state index contributed by atoms with van der Waals surface area (Å²) in [6.07, 6.45) is 10.6. The lowest BCUT2D eigenvalue weighted by molar-refractivity contribution is -0.135. The molecule has 18 heteroatoms. The molecule has 1 aliphatic heterocycles. The van der Waals surface area contributed by atoms with Crippen LogP contribution in [-0.4, -0.2) is 102 Å². The van der Waals surface area contributed by atoms with Crippen LogP contribution in [-0.2, 0) is 37.3 Å². The molecule has 3 unspecified atom stereocenters. The van der Waals surface area contributed by atoms with Crippen LogP contribution in [0.25, 0.3) is 11.0 Å². The van der Waals surface area contributed by atoms with Crippen LogP contribution in [0.1, 0.15) is 126 Å². The summed E-state index contributed by atoms with van der Waals surface area (Å²) >= 11 is 1.52. The largest absolute Gasteiger partial charge is 0.491 e. The minimum Gasteiger partial charge on any atom is -0.491 e. The molecule has 1 fully saturated rings. The lowest BCUT2D eigenvalue weighted by Crippen LogP contribution is -2.44. The summed E-state index contributed by atoms with van der Waals surface area (Å²) in [5.74, 6) is 1.37. The molecule has 4 heterocycles. The van der Waals surface area contributed by atoms with E-state index in [1.165, 1.54) is 38.2 Å². The van der Waals surface area contributed by atoms with Crippen LogP contribution in [0.4, 0.5) is 10.9 Å². The Morgan fingerprint density at radius 2 is 1.74 bits per heavy atom. The van der Waals surface area contributed by atoms with Crippen LogP contribution in [0.2, 0.25) is 0 Å². The highest BCUT2D eigenvalue weighted by atomic mass is 32.1. The molecule has 3 atom stereocenters. The molecule has 66 heavy (non-hydrogen) atoms. The number of aromatic nitrogens is 4. The Hall–Kier alpha value is -5.48. The van der Waals surface area contributed by atoms with Crippen molar-refractivity contribution < 1.29 is 28.5 Å². The Kier molecular flexibility index (Phi) is 20.3. The van der Waals surface area contributed by atoms with E-state index in [0.29, 0.717) is 85.1 Å². The number of amidine groups is 1. The number of nitrogens with one attached hydrogen (secondary N) is 2. The number of piperidine rings is 1. The molecule has 0 bridgehead atoms. The third-order valence-electron chi connectivity index (χ3n) is 11.9. The molecular weight excluding hydrogens is 861 g/mol. The Morgan fingerprint density at radius 3 is 2.42 bits per heavy atom. The maximum atomic E-state index is 12.8. The summed E-state index contributed by atoms with van der Waals surface area (Å²) in [6, 6.07) is 8.60. The number of imidazole rings is 1. The molecule has 4 aromatic rings. The number of carbonyl (C=O) groups is 2. The van der Waals surface area contributed by atoms with E-state index in [0.717, 1.165) is 75.4 Å². The predicted molar refractivity (Wildman–Crippen MR) is 259 cm³/mol. The number of aliphatic imine (C=N–C) groups is 1. The summed E-state index contributed by atoms with van der Waals surface area (Å²) in [5, 5.41) is 21.2. The normalized spacial score (nSPS) is 16.5. The van der Waals surface area contributed by atoms with Gasteiger partial charge in [0.2, 0.25) is 17.8 Å². The van der Waals surface area contributed by atoms with E-state index in [2.05, 4.69) is 54.0 Å². The number of nitrogens with two attached hydrogens (primary N) is 1. The maximum absolute atomic E-state index is 12.8. The van der Waals surface area contributed by atoms with Crippen LogP contribution in [0, 0.1) is 22.7 Å². The first-order valence-electron chi connectivity index (χ1n) is 23.4. The van der Waals surface area contributed by atoms with Gasteiger partial charge in [0.15, 0.2) is 5.84 Å². The third-order valence-corrected chi connectivity index (χ3v) is 12.9. The zero-order chi connectivity index (χ0) is 47.6. The Bertz CT molecular complexity index is 2380. The number of ether oxygens (including phenoxy) is 4. The number of carbonyl (C=O) groups excluding carboxylic acids is 2. The summed E-state index contributed by atoms with van der Waals surface area (Å²) < 4.78 is 24.9. The third kappa shape index (κ3) is 13.8. The van der Waals surface area contributed by atoms with E-state index >= 15 is 0 Å². The van der Waals surface area contributed by atoms with Crippen LogP contribution in [0.3, 0.4) is 0 Å². The van der Waals surface area contributed by atoms with E-state index in [9.17, 15) is 19.6 Å². The number of thiophene rings is 1. The molecule has 2 amide bonds. The van der Waals surface area contributed by atoms with Crippen LogP contribution >= 0.6 is 11.3 Å².